The zero-order chi connectivity index (χ0) is 18.8. The molecule has 0 fully saturated rings. The summed E-state index contributed by atoms with van der Waals surface area (Å²) in [6.45, 7) is 0.641. The molecule has 134 valence electrons. The lowest BCUT2D eigenvalue weighted by Gasteiger charge is -2.10. The maximum atomic E-state index is 11.1. The molecule has 1 aromatic heterocycles. The van der Waals surface area contributed by atoms with Gasteiger partial charge in [0, 0.05) is 18.7 Å². The smallest absolute Gasteiger partial charge is 0.271 e. The molecule has 0 aliphatic heterocycles. The zero-order valence-corrected chi connectivity index (χ0v) is 14.4. The van der Waals surface area contributed by atoms with Crippen LogP contribution in [0, 0.1) is 10.1 Å². The molecule has 0 spiro atoms. The van der Waals surface area contributed by atoms with E-state index >= 15 is 0 Å². The minimum Gasteiger partial charge on any atom is -0.507 e. The van der Waals surface area contributed by atoms with Crippen LogP contribution in [0.3, 0.4) is 0 Å². The number of imidazole rings is 1. The third-order valence-electron chi connectivity index (χ3n) is 4.55. The molecule has 3 aromatic carbocycles. The highest BCUT2D eigenvalue weighted by molar-refractivity contribution is 5.83. The second kappa shape index (κ2) is 6.92. The van der Waals surface area contributed by atoms with Gasteiger partial charge in [0.15, 0.2) is 0 Å². The van der Waals surface area contributed by atoms with E-state index in [4.69, 9.17) is 0 Å². The summed E-state index contributed by atoms with van der Waals surface area (Å²) in [5.74, 6) is 0.725. The molecule has 0 saturated carbocycles. The molecule has 0 radical (unpaired) electrons. The Morgan fingerprint density at radius 2 is 1.74 bits per heavy atom. The second-order valence-electron chi connectivity index (χ2n) is 6.27. The Kier molecular flexibility index (Phi) is 4.30. The Hall–Kier alpha value is -3.67. The maximum Gasteiger partial charge on any atom is 0.271 e. The van der Waals surface area contributed by atoms with Gasteiger partial charge in [0.05, 0.1) is 21.5 Å². The summed E-state index contributed by atoms with van der Waals surface area (Å²) in [6.07, 6.45) is 0.782. The SMILES string of the molecule is O=[N+]([O-])c1ccc2c(c1)nc(-c1ccccc1O)n2CCc1ccccc1. The number of aromatic hydroxyl groups is 1. The van der Waals surface area contributed by atoms with Gasteiger partial charge in [-0.3, -0.25) is 10.1 Å². The fourth-order valence-electron chi connectivity index (χ4n) is 3.21. The summed E-state index contributed by atoms with van der Waals surface area (Å²) in [5, 5.41) is 21.4. The van der Waals surface area contributed by atoms with Crippen molar-refractivity contribution >= 4 is 16.7 Å². The third-order valence-corrected chi connectivity index (χ3v) is 4.55. The van der Waals surface area contributed by atoms with Gasteiger partial charge in [0.25, 0.3) is 5.69 Å². The average Bonchev–Trinajstić information content (AvgIpc) is 3.05. The number of para-hydroxylation sites is 1. The van der Waals surface area contributed by atoms with Crippen molar-refractivity contribution in [1.29, 1.82) is 0 Å². The topological polar surface area (TPSA) is 81.2 Å². The molecule has 0 amide bonds. The van der Waals surface area contributed by atoms with Gasteiger partial charge >= 0.3 is 0 Å². The number of benzene rings is 3. The molecule has 4 rings (SSSR count). The second-order valence-corrected chi connectivity index (χ2v) is 6.27. The van der Waals surface area contributed by atoms with Crippen molar-refractivity contribution in [2.45, 2.75) is 13.0 Å². The van der Waals surface area contributed by atoms with Gasteiger partial charge < -0.3 is 9.67 Å². The highest BCUT2D eigenvalue weighted by atomic mass is 16.6. The number of rotatable bonds is 5. The van der Waals surface area contributed by atoms with E-state index in [9.17, 15) is 15.2 Å². The van der Waals surface area contributed by atoms with Gasteiger partial charge in [-0.2, -0.15) is 0 Å². The first-order valence-electron chi connectivity index (χ1n) is 8.60. The van der Waals surface area contributed by atoms with E-state index in [-0.39, 0.29) is 11.4 Å². The van der Waals surface area contributed by atoms with E-state index in [2.05, 4.69) is 17.1 Å². The Morgan fingerprint density at radius 3 is 2.48 bits per heavy atom. The van der Waals surface area contributed by atoms with E-state index in [1.54, 1.807) is 24.3 Å². The van der Waals surface area contributed by atoms with Crippen molar-refractivity contribution in [3.8, 4) is 17.1 Å². The lowest BCUT2D eigenvalue weighted by atomic mass is 10.1. The number of aromatic nitrogens is 2. The Balaban J connectivity index is 1.84. The number of phenols is 1. The van der Waals surface area contributed by atoms with Crippen LogP contribution < -0.4 is 0 Å². The zero-order valence-electron chi connectivity index (χ0n) is 14.4. The predicted octanol–water partition coefficient (Wildman–Crippen LogP) is 4.56. The fourth-order valence-corrected chi connectivity index (χ4v) is 3.21. The van der Waals surface area contributed by atoms with Crippen LogP contribution >= 0.6 is 0 Å². The number of phenolic OH excluding ortho intramolecular Hbond substituents is 1. The molecule has 0 aliphatic carbocycles. The van der Waals surface area contributed by atoms with Crippen LogP contribution in [-0.2, 0) is 13.0 Å². The van der Waals surface area contributed by atoms with Crippen LogP contribution in [0.5, 0.6) is 5.75 Å². The molecule has 6 nitrogen and oxygen atoms in total. The monoisotopic (exact) mass is 359 g/mol. The first-order chi connectivity index (χ1) is 13.1. The molecule has 1 N–H and O–H groups in total. The number of nitrogens with zero attached hydrogens (tertiary/aromatic N) is 3. The van der Waals surface area contributed by atoms with Gasteiger partial charge in [0.1, 0.15) is 11.6 Å². The van der Waals surface area contributed by atoms with Crippen LogP contribution in [0.4, 0.5) is 5.69 Å². The highest BCUT2D eigenvalue weighted by Gasteiger charge is 2.17. The normalized spacial score (nSPS) is 11.0. The Bertz CT molecular complexity index is 1120. The molecular formula is C21H17N3O3. The predicted molar refractivity (Wildman–Crippen MR) is 104 cm³/mol. The molecular weight excluding hydrogens is 342 g/mol. The summed E-state index contributed by atoms with van der Waals surface area (Å²) < 4.78 is 2.00. The largest absolute Gasteiger partial charge is 0.507 e. The summed E-state index contributed by atoms with van der Waals surface area (Å²) >= 11 is 0. The van der Waals surface area contributed by atoms with E-state index in [1.165, 1.54) is 17.7 Å². The van der Waals surface area contributed by atoms with Crippen LogP contribution in [-0.4, -0.2) is 19.6 Å². The lowest BCUT2D eigenvalue weighted by molar-refractivity contribution is -0.384. The van der Waals surface area contributed by atoms with Crippen molar-refractivity contribution in [3.63, 3.8) is 0 Å². The van der Waals surface area contributed by atoms with Crippen molar-refractivity contribution in [1.82, 2.24) is 9.55 Å². The molecule has 4 aromatic rings. The van der Waals surface area contributed by atoms with Gasteiger partial charge in [-0.1, -0.05) is 42.5 Å². The van der Waals surface area contributed by atoms with E-state index in [0.717, 1.165) is 11.9 Å². The van der Waals surface area contributed by atoms with Crippen LogP contribution in [0.2, 0.25) is 0 Å². The van der Waals surface area contributed by atoms with Gasteiger partial charge in [0.2, 0.25) is 0 Å². The number of aryl methyl sites for hydroxylation is 2. The third kappa shape index (κ3) is 3.25. The van der Waals surface area contributed by atoms with Gasteiger partial charge in [-0.15, -0.1) is 0 Å². The quantitative estimate of drug-likeness (QED) is 0.418. The molecule has 0 unspecified atom stereocenters. The van der Waals surface area contributed by atoms with E-state index in [1.807, 2.05) is 28.8 Å². The average molecular weight is 359 g/mol. The fraction of sp³-hybridized carbons (Fsp3) is 0.0952. The van der Waals surface area contributed by atoms with Crippen molar-refractivity contribution in [2.75, 3.05) is 0 Å². The van der Waals surface area contributed by atoms with E-state index in [0.29, 0.717) is 23.4 Å². The summed E-state index contributed by atoms with van der Waals surface area (Å²) in [4.78, 5) is 15.3. The number of non-ortho nitro benzene ring substituents is 1. The number of nitro benzene ring substituents is 1. The summed E-state index contributed by atoms with van der Waals surface area (Å²) in [5.41, 5.74) is 3.12. The van der Waals surface area contributed by atoms with Gasteiger partial charge in [-0.25, -0.2) is 4.98 Å². The Labute approximate surface area is 155 Å². The first-order valence-corrected chi connectivity index (χ1v) is 8.60. The maximum absolute atomic E-state index is 11.1. The number of nitro groups is 1. The lowest BCUT2D eigenvalue weighted by Crippen LogP contribution is -2.04. The standard InChI is InChI=1S/C21H17N3O3/c25-20-9-5-4-8-17(20)21-22-18-14-16(24(26)27)10-11-19(18)23(21)13-12-15-6-2-1-3-7-15/h1-11,14,25H,12-13H2. The molecule has 0 saturated heterocycles. The number of hydrogen-bond donors (Lipinski definition) is 1. The van der Waals surface area contributed by atoms with Crippen molar-refractivity contribution < 1.29 is 10.0 Å². The van der Waals surface area contributed by atoms with Crippen molar-refractivity contribution in [3.05, 3.63) is 88.5 Å². The minimum absolute atomic E-state index is 0.000886. The van der Waals surface area contributed by atoms with Crippen LogP contribution in [0.1, 0.15) is 5.56 Å². The molecule has 6 heteroatoms. The van der Waals surface area contributed by atoms with Crippen molar-refractivity contribution in [2.24, 2.45) is 0 Å². The molecule has 0 bridgehead atoms. The first kappa shape index (κ1) is 16.8. The molecule has 0 aliphatic rings. The number of hydrogen-bond acceptors (Lipinski definition) is 4. The van der Waals surface area contributed by atoms with Crippen LogP contribution in [0.25, 0.3) is 22.4 Å². The van der Waals surface area contributed by atoms with E-state index < -0.39 is 4.92 Å². The van der Waals surface area contributed by atoms with Crippen LogP contribution in [0.15, 0.2) is 72.8 Å². The summed E-state index contributed by atoms with van der Waals surface area (Å²) in [7, 11) is 0. The molecule has 1 heterocycles. The number of fused-ring (bicyclic) bond motifs is 1. The molecule has 27 heavy (non-hydrogen) atoms. The Morgan fingerprint density at radius 1 is 1.00 bits per heavy atom. The minimum atomic E-state index is -0.428. The molecule has 0 atom stereocenters. The summed E-state index contributed by atoms with van der Waals surface area (Å²) in [6, 6.07) is 21.7. The van der Waals surface area contributed by atoms with Gasteiger partial charge in [-0.05, 0) is 30.2 Å². The highest BCUT2D eigenvalue weighted by Crippen LogP contribution is 2.32.